The lowest BCUT2D eigenvalue weighted by Crippen LogP contribution is -2.53. The van der Waals surface area contributed by atoms with Crippen LogP contribution in [0.2, 0.25) is 0 Å². The fraction of sp³-hybridized carbons (Fsp3) is 0.536. The second-order valence-electron chi connectivity index (χ2n) is 9.97. The van der Waals surface area contributed by atoms with Gasteiger partial charge in [-0.25, -0.2) is 4.79 Å². The fourth-order valence-corrected chi connectivity index (χ4v) is 3.57. The van der Waals surface area contributed by atoms with E-state index in [4.69, 9.17) is 15.9 Å². The van der Waals surface area contributed by atoms with Gasteiger partial charge in [-0.15, -0.1) is 6.42 Å². The molecule has 2 unspecified atom stereocenters. The Hall–Kier alpha value is -4.05. The molecule has 1 aromatic rings. The molecule has 0 radical (unpaired) electrons. The standard InChI is InChI=1S/C28H38N4O6/c1-8-20-10-12-21(13-11-20)24(25(34)30-16-14-23(33)37-9-2)32(17-15-29)26(35)22(18-19(3)4)31-27(36)38-28(5,6)7/h1,10-13,19,22,24H,9,14,16-18H2,2-7H3,(H,30,34)(H,31,36). The number of hydrogen-bond donors (Lipinski definition) is 2. The lowest BCUT2D eigenvalue weighted by atomic mass is 9.98. The van der Waals surface area contributed by atoms with E-state index >= 15 is 0 Å². The number of nitriles is 1. The van der Waals surface area contributed by atoms with Crippen LogP contribution >= 0.6 is 0 Å². The van der Waals surface area contributed by atoms with Gasteiger partial charge >= 0.3 is 12.1 Å². The number of alkyl carbamates (subject to hydrolysis) is 1. The molecule has 0 saturated carbocycles. The van der Waals surface area contributed by atoms with Gasteiger partial charge < -0.3 is 25.0 Å². The Labute approximate surface area is 225 Å². The number of esters is 1. The minimum atomic E-state index is -1.23. The number of carbonyl (C=O) groups is 4. The highest BCUT2D eigenvalue weighted by Crippen LogP contribution is 2.24. The van der Waals surface area contributed by atoms with Gasteiger partial charge in [0.15, 0.2) is 0 Å². The van der Waals surface area contributed by atoms with Gasteiger partial charge in [0.1, 0.15) is 24.2 Å². The molecule has 10 nitrogen and oxygen atoms in total. The predicted molar refractivity (Wildman–Crippen MR) is 141 cm³/mol. The van der Waals surface area contributed by atoms with Crippen molar-refractivity contribution in [1.82, 2.24) is 15.5 Å². The Balaban J connectivity index is 3.39. The summed E-state index contributed by atoms with van der Waals surface area (Å²) in [6.07, 6.45) is 4.84. The van der Waals surface area contributed by atoms with Crippen LogP contribution in [0.25, 0.3) is 0 Å². The second-order valence-corrected chi connectivity index (χ2v) is 9.97. The van der Waals surface area contributed by atoms with E-state index < -0.39 is 48.1 Å². The highest BCUT2D eigenvalue weighted by Gasteiger charge is 2.36. The minimum absolute atomic E-state index is 0.00501. The van der Waals surface area contributed by atoms with Gasteiger partial charge in [-0.2, -0.15) is 5.26 Å². The van der Waals surface area contributed by atoms with Crippen LogP contribution in [0.5, 0.6) is 0 Å². The summed E-state index contributed by atoms with van der Waals surface area (Å²) in [6, 6.07) is 6.09. The van der Waals surface area contributed by atoms with Crippen molar-refractivity contribution in [2.45, 2.75) is 72.1 Å². The molecule has 0 aliphatic carbocycles. The number of rotatable bonds is 12. The summed E-state index contributed by atoms with van der Waals surface area (Å²) in [5.74, 6) is 0.775. The number of nitrogens with one attached hydrogen (secondary N) is 2. The Morgan fingerprint density at radius 2 is 1.76 bits per heavy atom. The summed E-state index contributed by atoms with van der Waals surface area (Å²) in [6.45, 7) is 10.3. The van der Waals surface area contributed by atoms with Crippen LogP contribution in [0.3, 0.4) is 0 Å². The van der Waals surface area contributed by atoms with Crippen LogP contribution in [0, 0.1) is 29.6 Å². The molecule has 0 heterocycles. The molecule has 0 aliphatic heterocycles. The van der Waals surface area contributed by atoms with Gasteiger partial charge in [-0.05, 0) is 57.7 Å². The van der Waals surface area contributed by atoms with Crippen molar-refractivity contribution in [3.63, 3.8) is 0 Å². The first-order valence-electron chi connectivity index (χ1n) is 12.5. The quantitative estimate of drug-likeness (QED) is 0.242. The van der Waals surface area contributed by atoms with Gasteiger partial charge in [-0.1, -0.05) is 31.9 Å². The Bertz CT molecular complexity index is 1050. The summed E-state index contributed by atoms with van der Waals surface area (Å²) in [5.41, 5.74) is 0.182. The van der Waals surface area contributed by atoms with Crippen molar-refractivity contribution in [3.05, 3.63) is 35.4 Å². The number of hydrogen-bond acceptors (Lipinski definition) is 7. The van der Waals surface area contributed by atoms with E-state index in [9.17, 15) is 24.4 Å². The first-order chi connectivity index (χ1) is 17.8. The summed E-state index contributed by atoms with van der Waals surface area (Å²) in [7, 11) is 0. The number of nitrogens with zero attached hydrogens (tertiary/aromatic N) is 2. The molecule has 1 aromatic carbocycles. The zero-order valence-corrected chi connectivity index (χ0v) is 23.0. The van der Waals surface area contributed by atoms with E-state index in [0.717, 1.165) is 4.90 Å². The fourth-order valence-electron chi connectivity index (χ4n) is 3.57. The van der Waals surface area contributed by atoms with Gasteiger partial charge in [0, 0.05) is 12.1 Å². The normalized spacial score (nSPS) is 12.3. The first kappa shape index (κ1) is 32.0. The van der Waals surface area contributed by atoms with Crippen LogP contribution in [0.4, 0.5) is 4.79 Å². The zero-order valence-electron chi connectivity index (χ0n) is 23.0. The third kappa shape index (κ3) is 10.9. The summed E-state index contributed by atoms with van der Waals surface area (Å²) in [5, 5.41) is 14.8. The van der Waals surface area contributed by atoms with E-state index in [1.54, 1.807) is 52.0 Å². The number of amides is 3. The molecule has 0 aliphatic rings. The lowest BCUT2D eigenvalue weighted by Gasteiger charge is -2.33. The maximum atomic E-state index is 13.8. The third-order valence-electron chi connectivity index (χ3n) is 5.11. The maximum Gasteiger partial charge on any atom is 0.408 e. The van der Waals surface area contributed by atoms with Crippen molar-refractivity contribution in [2.24, 2.45) is 5.92 Å². The minimum Gasteiger partial charge on any atom is -0.466 e. The second kappa shape index (κ2) is 15.3. The number of carbonyl (C=O) groups excluding carboxylic acids is 4. The van der Waals surface area contributed by atoms with Crippen LogP contribution in [-0.2, 0) is 23.9 Å². The number of ether oxygens (including phenoxy) is 2. The van der Waals surface area contributed by atoms with E-state index in [0.29, 0.717) is 11.1 Å². The number of benzene rings is 1. The molecule has 0 bridgehead atoms. The SMILES string of the molecule is C#Cc1ccc(C(C(=O)NCCC(=O)OCC)N(CC#N)C(=O)C(CC(C)C)NC(=O)OC(C)(C)C)cc1. The average Bonchev–Trinajstić information content (AvgIpc) is 2.82. The van der Waals surface area contributed by atoms with E-state index in [-0.39, 0.29) is 31.9 Å². The van der Waals surface area contributed by atoms with Crippen molar-refractivity contribution >= 4 is 23.9 Å². The van der Waals surface area contributed by atoms with Crippen LogP contribution in [-0.4, -0.2) is 60.1 Å². The maximum absolute atomic E-state index is 13.8. The lowest BCUT2D eigenvalue weighted by molar-refractivity contribution is -0.144. The van der Waals surface area contributed by atoms with Crippen molar-refractivity contribution in [3.8, 4) is 18.4 Å². The monoisotopic (exact) mass is 526 g/mol. The van der Waals surface area contributed by atoms with Gasteiger partial charge in [0.2, 0.25) is 11.8 Å². The molecule has 1 rings (SSSR count). The largest absolute Gasteiger partial charge is 0.466 e. The van der Waals surface area contributed by atoms with Gasteiger partial charge in [0.25, 0.3) is 0 Å². The molecule has 206 valence electrons. The molecule has 0 saturated heterocycles. The smallest absolute Gasteiger partial charge is 0.408 e. The Morgan fingerprint density at radius 3 is 2.26 bits per heavy atom. The van der Waals surface area contributed by atoms with Crippen LogP contribution in [0.15, 0.2) is 24.3 Å². The topological polar surface area (TPSA) is 138 Å². The van der Waals surface area contributed by atoms with E-state index in [1.807, 2.05) is 19.9 Å². The van der Waals surface area contributed by atoms with Gasteiger partial charge in [-0.3, -0.25) is 14.4 Å². The summed E-state index contributed by atoms with van der Waals surface area (Å²) >= 11 is 0. The third-order valence-corrected chi connectivity index (χ3v) is 5.11. The molecule has 0 fully saturated rings. The van der Waals surface area contributed by atoms with Crippen molar-refractivity contribution in [2.75, 3.05) is 19.7 Å². The van der Waals surface area contributed by atoms with Crippen molar-refractivity contribution < 1.29 is 28.7 Å². The zero-order chi connectivity index (χ0) is 28.9. The average molecular weight is 527 g/mol. The first-order valence-corrected chi connectivity index (χ1v) is 12.5. The van der Waals surface area contributed by atoms with E-state index in [2.05, 4.69) is 16.6 Å². The summed E-state index contributed by atoms with van der Waals surface area (Å²) in [4.78, 5) is 52.5. The van der Waals surface area contributed by atoms with E-state index in [1.165, 1.54) is 0 Å². The predicted octanol–water partition coefficient (Wildman–Crippen LogP) is 3.07. The Morgan fingerprint density at radius 1 is 1.13 bits per heavy atom. The molecule has 0 spiro atoms. The van der Waals surface area contributed by atoms with Crippen LogP contribution < -0.4 is 10.6 Å². The Kier molecular flexibility index (Phi) is 12.8. The summed E-state index contributed by atoms with van der Waals surface area (Å²) < 4.78 is 10.2. The molecular weight excluding hydrogens is 488 g/mol. The molecule has 2 atom stereocenters. The molecule has 3 amide bonds. The van der Waals surface area contributed by atoms with Crippen molar-refractivity contribution in [1.29, 1.82) is 5.26 Å². The molecule has 2 N–H and O–H groups in total. The highest BCUT2D eigenvalue weighted by atomic mass is 16.6. The molecule has 0 aromatic heterocycles. The molecule has 38 heavy (non-hydrogen) atoms. The highest BCUT2D eigenvalue weighted by molar-refractivity contribution is 5.92. The molecule has 10 heteroatoms. The van der Waals surface area contributed by atoms with Gasteiger partial charge in [0.05, 0.1) is 19.1 Å². The van der Waals surface area contributed by atoms with Crippen LogP contribution in [0.1, 0.15) is 71.6 Å². The number of terminal acetylenes is 1. The molecular formula is C28H38N4O6.